The van der Waals surface area contributed by atoms with Gasteiger partial charge in [-0.05, 0) is 54.6 Å². The first-order valence-corrected chi connectivity index (χ1v) is 13.4. The van der Waals surface area contributed by atoms with Gasteiger partial charge in [-0.15, -0.1) is 0 Å². The summed E-state index contributed by atoms with van der Waals surface area (Å²) >= 11 is 0. The number of aromatic nitrogens is 3. The van der Waals surface area contributed by atoms with Crippen LogP contribution in [0.4, 0.5) is 0 Å². The maximum Gasteiger partial charge on any atom is 0.0566 e. The van der Waals surface area contributed by atoms with Crippen molar-refractivity contribution >= 4 is 65.4 Å². The second-order valence-electron chi connectivity index (χ2n) is 10.3. The van der Waals surface area contributed by atoms with Gasteiger partial charge in [0.15, 0.2) is 0 Å². The number of nitrogens with zero attached hydrogens (tertiary/aromatic N) is 2. The molecule has 6 aromatic carbocycles. The molecular formula is C36H23N3. The minimum Gasteiger partial charge on any atom is -0.354 e. The number of hydrogen-bond donors (Lipinski definition) is 1. The second-order valence-corrected chi connectivity index (χ2v) is 10.3. The van der Waals surface area contributed by atoms with Crippen LogP contribution >= 0.6 is 0 Å². The second kappa shape index (κ2) is 7.62. The minimum absolute atomic E-state index is 1.17. The molecule has 0 aliphatic rings. The lowest BCUT2D eigenvalue weighted by Crippen LogP contribution is -1.95. The topological polar surface area (TPSA) is 25.6 Å². The van der Waals surface area contributed by atoms with Crippen molar-refractivity contribution < 1.29 is 0 Å². The van der Waals surface area contributed by atoms with Crippen LogP contribution in [0, 0.1) is 0 Å². The molecule has 0 atom stereocenters. The van der Waals surface area contributed by atoms with Crippen molar-refractivity contribution in [2.45, 2.75) is 0 Å². The summed E-state index contributed by atoms with van der Waals surface area (Å²) < 4.78 is 4.79. The molecule has 0 radical (unpaired) electrons. The number of aromatic amines is 1. The van der Waals surface area contributed by atoms with Gasteiger partial charge in [0.1, 0.15) is 0 Å². The summed E-state index contributed by atoms with van der Waals surface area (Å²) in [4.78, 5) is 3.74. The molecule has 9 rings (SSSR count). The van der Waals surface area contributed by atoms with Crippen LogP contribution in [-0.4, -0.2) is 14.1 Å². The lowest BCUT2D eigenvalue weighted by molar-refractivity contribution is 1.17. The van der Waals surface area contributed by atoms with Crippen molar-refractivity contribution in [2.24, 2.45) is 0 Å². The van der Waals surface area contributed by atoms with Crippen LogP contribution in [0.2, 0.25) is 0 Å². The third kappa shape index (κ3) is 2.76. The van der Waals surface area contributed by atoms with Gasteiger partial charge < -0.3 is 14.1 Å². The Bertz CT molecular complexity index is 2380. The molecule has 182 valence electrons. The molecule has 9 aromatic rings. The highest BCUT2D eigenvalue weighted by molar-refractivity contribution is 6.25. The molecule has 3 nitrogen and oxygen atoms in total. The molecule has 0 amide bonds. The van der Waals surface area contributed by atoms with E-state index < -0.39 is 0 Å². The van der Waals surface area contributed by atoms with E-state index in [4.69, 9.17) is 0 Å². The zero-order valence-corrected chi connectivity index (χ0v) is 21.1. The summed E-state index contributed by atoms with van der Waals surface area (Å²) in [6.07, 6.45) is 0. The zero-order chi connectivity index (χ0) is 25.5. The van der Waals surface area contributed by atoms with Crippen molar-refractivity contribution in [1.82, 2.24) is 14.1 Å². The van der Waals surface area contributed by atoms with E-state index in [1.807, 2.05) is 0 Å². The fraction of sp³-hybridized carbons (Fsp3) is 0. The number of hydrogen-bond acceptors (Lipinski definition) is 0. The van der Waals surface area contributed by atoms with Crippen LogP contribution in [0.1, 0.15) is 0 Å². The minimum atomic E-state index is 1.17. The molecule has 0 aliphatic heterocycles. The van der Waals surface area contributed by atoms with Crippen LogP contribution in [0.25, 0.3) is 76.8 Å². The van der Waals surface area contributed by atoms with Gasteiger partial charge in [-0.3, -0.25) is 0 Å². The Kier molecular flexibility index (Phi) is 4.05. The monoisotopic (exact) mass is 497 g/mol. The molecule has 1 N–H and O–H groups in total. The van der Waals surface area contributed by atoms with Crippen LogP contribution in [-0.2, 0) is 0 Å². The van der Waals surface area contributed by atoms with Crippen molar-refractivity contribution in [3.8, 4) is 11.4 Å². The highest BCUT2D eigenvalue weighted by Crippen LogP contribution is 2.40. The Labute approximate surface area is 224 Å². The molecule has 3 aromatic heterocycles. The number of nitrogens with one attached hydrogen (secondary N) is 1. The third-order valence-electron chi connectivity index (χ3n) is 8.24. The van der Waals surface area contributed by atoms with Crippen LogP contribution in [0.3, 0.4) is 0 Å². The number of benzene rings is 6. The highest BCUT2D eigenvalue weighted by Gasteiger charge is 2.18. The van der Waals surface area contributed by atoms with Crippen LogP contribution in [0.15, 0.2) is 133 Å². The van der Waals surface area contributed by atoms with Gasteiger partial charge in [0, 0.05) is 49.2 Å². The van der Waals surface area contributed by atoms with E-state index in [9.17, 15) is 0 Å². The Morgan fingerprint density at radius 3 is 1.85 bits per heavy atom. The largest absolute Gasteiger partial charge is 0.354 e. The Morgan fingerprint density at radius 2 is 1.00 bits per heavy atom. The van der Waals surface area contributed by atoms with Gasteiger partial charge in [0.05, 0.1) is 27.6 Å². The maximum atomic E-state index is 3.74. The first kappa shape index (κ1) is 20.7. The molecule has 3 heteroatoms. The SMILES string of the molecule is c1ccc(-n2c3ccccc3c3cc(-n4c5ccccc5c5c6[nH]c7ccccc7c6ccc54)ccc32)cc1. The lowest BCUT2D eigenvalue weighted by Gasteiger charge is -2.10. The predicted octanol–water partition coefficient (Wildman–Crippen LogP) is 9.52. The maximum absolute atomic E-state index is 3.74. The Balaban J connectivity index is 1.39. The molecule has 0 fully saturated rings. The van der Waals surface area contributed by atoms with Gasteiger partial charge in [0.25, 0.3) is 0 Å². The number of fused-ring (bicyclic) bond motifs is 10. The van der Waals surface area contributed by atoms with Crippen LogP contribution < -0.4 is 0 Å². The number of para-hydroxylation sites is 4. The summed E-state index contributed by atoms with van der Waals surface area (Å²) in [6.45, 7) is 0. The summed E-state index contributed by atoms with van der Waals surface area (Å²) in [5, 5.41) is 7.58. The van der Waals surface area contributed by atoms with E-state index in [0.29, 0.717) is 0 Å². The molecule has 0 saturated heterocycles. The van der Waals surface area contributed by atoms with Gasteiger partial charge in [-0.25, -0.2) is 0 Å². The average Bonchev–Trinajstić information content (AvgIpc) is 3.65. The first-order chi connectivity index (χ1) is 19.4. The zero-order valence-electron chi connectivity index (χ0n) is 21.1. The molecule has 0 aliphatic carbocycles. The number of rotatable bonds is 2. The summed E-state index contributed by atoms with van der Waals surface area (Å²) in [5.74, 6) is 0. The Hall–Kier alpha value is -5.28. The number of H-pyrrole nitrogens is 1. The third-order valence-corrected chi connectivity index (χ3v) is 8.24. The van der Waals surface area contributed by atoms with Gasteiger partial charge >= 0.3 is 0 Å². The van der Waals surface area contributed by atoms with Crippen molar-refractivity contribution in [3.05, 3.63) is 133 Å². The Morgan fingerprint density at radius 1 is 0.385 bits per heavy atom. The molecule has 39 heavy (non-hydrogen) atoms. The van der Waals surface area contributed by atoms with Crippen molar-refractivity contribution in [2.75, 3.05) is 0 Å². The molecule has 0 unspecified atom stereocenters. The fourth-order valence-corrected chi connectivity index (χ4v) is 6.61. The molecule has 0 bridgehead atoms. The lowest BCUT2D eigenvalue weighted by atomic mass is 10.1. The normalized spacial score (nSPS) is 12.1. The smallest absolute Gasteiger partial charge is 0.0566 e. The van der Waals surface area contributed by atoms with E-state index in [-0.39, 0.29) is 0 Å². The van der Waals surface area contributed by atoms with Crippen molar-refractivity contribution in [1.29, 1.82) is 0 Å². The van der Waals surface area contributed by atoms with Gasteiger partial charge in [-0.1, -0.05) is 78.9 Å². The van der Waals surface area contributed by atoms with Crippen molar-refractivity contribution in [3.63, 3.8) is 0 Å². The van der Waals surface area contributed by atoms with Gasteiger partial charge in [0.2, 0.25) is 0 Å². The predicted molar refractivity (Wildman–Crippen MR) is 164 cm³/mol. The molecule has 3 heterocycles. The van der Waals surface area contributed by atoms with E-state index in [0.717, 1.165) is 0 Å². The first-order valence-electron chi connectivity index (χ1n) is 13.4. The molecule has 0 saturated carbocycles. The van der Waals surface area contributed by atoms with Crippen LogP contribution in [0.5, 0.6) is 0 Å². The summed E-state index contributed by atoms with van der Waals surface area (Å²) in [6, 6.07) is 48.2. The standard InChI is InChI=1S/C36H23N3/c1-2-10-23(11-3-1)38-31-16-8-5-13-26(31)29-22-24(18-20-33(29)38)39-32-17-9-6-14-28(32)35-34(39)21-19-27-25-12-4-7-15-30(25)37-36(27)35/h1-22,37H. The summed E-state index contributed by atoms with van der Waals surface area (Å²) in [5.41, 5.74) is 9.57. The molecular weight excluding hydrogens is 474 g/mol. The quantitative estimate of drug-likeness (QED) is 0.246. The van der Waals surface area contributed by atoms with E-state index in [1.165, 1.54) is 76.8 Å². The summed E-state index contributed by atoms with van der Waals surface area (Å²) in [7, 11) is 0. The fourth-order valence-electron chi connectivity index (χ4n) is 6.61. The van der Waals surface area contributed by atoms with Gasteiger partial charge in [-0.2, -0.15) is 0 Å². The van der Waals surface area contributed by atoms with E-state index in [1.54, 1.807) is 0 Å². The molecule has 0 spiro atoms. The average molecular weight is 498 g/mol. The van der Waals surface area contributed by atoms with E-state index >= 15 is 0 Å². The van der Waals surface area contributed by atoms with E-state index in [2.05, 4.69) is 148 Å². The highest BCUT2D eigenvalue weighted by atomic mass is 15.0.